The SMILES string of the molecule is COCc1cc(COc2ccc(C=CC(=O)O)cc2)no1. The molecule has 0 spiro atoms. The summed E-state index contributed by atoms with van der Waals surface area (Å²) in [6.07, 6.45) is 2.60. The van der Waals surface area contributed by atoms with Gasteiger partial charge < -0.3 is 19.1 Å². The van der Waals surface area contributed by atoms with Crippen molar-refractivity contribution in [1.29, 1.82) is 0 Å². The van der Waals surface area contributed by atoms with Crippen LogP contribution in [0.2, 0.25) is 0 Å². The first-order valence-corrected chi connectivity index (χ1v) is 6.24. The van der Waals surface area contributed by atoms with E-state index in [1.165, 1.54) is 6.08 Å². The van der Waals surface area contributed by atoms with Crippen LogP contribution >= 0.6 is 0 Å². The number of rotatable bonds is 7. The van der Waals surface area contributed by atoms with Crippen molar-refractivity contribution < 1.29 is 23.9 Å². The van der Waals surface area contributed by atoms with E-state index in [2.05, 4.69) is 5.16 Å². The van der Waals surface area contributed by atoms with E-state index in [-0.39, 0.29) is 6.61 Å². The van der Waals surface area contributed by atoms with Gasteiger partial charge in [0.2, 0.25) is 0 Å². The van der Waals surface area contributed by atoms with Crippen molar-refractivity contribution in [3.63, 3.8) is 0 Å². The third-order valence-corrected chi connectivity index (χ3v) is 2.58. The topological polar surface area (TPSA) is 81.8 Å². The van der Waals surface area contributed by atoms with E-state index >= 15 is 0 Å². The Labute approximate surface area is 121 Å². The Morgan fingerprint density at radius 2 is 2.10 bits per heavy atom. The Morgan fingerprint density at radius 3 is 2.76 bits per heavy atom. The second-order valence-corrected chi connectivity index (χ2v) is 4.25. The number of carbonyl (C=O) groups is 1. The highest BCUT2D eigenvalue weighted by molar-refractivity contribution is 5.85. The van der Waals surface area contributed by atoms with Crippen molar-refractivity contribution in [2.24, 2.45) is 0 Å². The van der Waals surface area contributed by atoms with Crippen LogP contribution in [0.25, 0.3) is 6.08 Å². The second-order valence-electron chi connectivity index (χ2n) is 4.25. The Balaban J connectivity index is 1.89. The van der Waals surface area contributed by atoms with Crippen molar-refractivity contribution in [3.05, 3.63) is 53.4 Å². The molecule has 0 bridgehead atoms. The largest absolute Gasteiger partial charge is 0.487 e. The molecule has 2 aromatic rings. The lowest BCUT2D eigenvalue weighted by Crippen LogP contribution is -1.95. The smallest absolute Gasteiger partial charge is 0.328 e. The summed E-state index contributed by atoms with van der Waals surface area (Å²) < 4.78 is 15.5. The van der Waals surface area contributed by atoms with Gasteiger partial charge in [-0.25, -0.2) is 4.79 Å². The minimum Gasteiger partial charge on any atom is -0.487 e. The normalized spacial score (nSPS) is 10.9. The lowest BCUT2D eigenvalue weighted by molar-refractivity contribution is -0.131. The third kappa shape index (κ3) is 4.77. The molecule has 1 N–H and O–H groups in total. The fraction of sp³-hybridized carbons (Fsp3) is 0.200. The number of carboxylic acids is 1. The maximum Gasteiger partial charge on any atom is 0.328 e. The van der Waals surface area contributed by atoms with Gasteiger partial charge in [-0.05, 0) is 23.8 Å². The van der Waals surface area contributed by atoms with E-state index in [9.17, 15) is 4.79 Å². The summed E-state index contributed by atoms with van der Waals surface area (Å²) in [7, 11) is 1.58. The number of carboxylic acid groups (broad SMARTS) is 1. The summed E-state index contributed by atoms with van der Waals surface area (Å²) in [5.74, 6) is 0.331. The number of nitrogens with zero attached hydrogens (tertiary/aromatic N) is 1. The van der Waals surface area contributed by atoms with Gasteiger partial charge in [-0.15, -0.1) is 0 Å². The average Bonchev–Trinajstić information content (AvgIpc) is 2.92. The van der Waals surface area contributed by atoms with Crippen molar-refractivity contribution in [3.8, 4) is 5.75 Å². The van der Waals surface area contributed by atoms with Crippen LogP contribution in [-0.4, -0.2) is 23.3 Å². The monoisotopic (exact) mass is 289 g/mol. The first-order valence-electron chi connectivity index (χ1n) is 6.24. The molecular weight excluding hydrogens is 274 g/mol. The minimum absolute atomic E-state index is 0.289. The van der Waals surface area contributed by atoms with Gasteiger partial charge >= 0.3 is 5.97 Å². The van der Waals surface area contributed by atoms with Crippen LogP contribution in [0.4, 0.5) is 0 Å². The number of aromatic nitrogens is 1. The van der Waals surface area contributed by atoms with E-state index in [1.807, 2.05) is 0 Å². The summed E-state index contributed by atoms with van der Waals surface area (Å²) in [5, 5.41) is 12.4. The van der Waals surface area contributed by atoms with Crippen LogP contribution in [0, 0.1) is 0 Å². The predicted octanol–water partition coefficient (Wildman–Crippen LogP) is 2.50. The fourth-order valence-corrected chi connectivity index (χ4v) is 1.63. The van der Waals surface area contributed by atoms with E-state index in [1.54, 1.807) is 37.4 Å². The zero-order valence-corrected chi connectivity index (χ0v) is 11.5. The third-order valence-electron chi connectivity index (χ3n) is 2.58. The molecule has 1 aromatic carbocycles. The zero-order chi connectivity index (χ0) is 15.1. The van der Waals surface area contributed by atoms with Crippen LogP contribution < -0.4 is 4.74 Å². The summed E-state index contributed by atoms with van der Waals surface area (Å²) >= 11 is 0. The molecule has 0 aliphatic rings. The first kappa shape index (κ1) is 14.8. The van der Waals surface area contributed by atoms with Gasteiger partial charge in [-0.1, -0.05) is 17.3 Å². The Bertz CT molecular complexity index is 615. The molecule has 0 amide bonds. The highest BCUT2D eigenvalue weighted by Gasteiger charge is 2.04. The molecule has 0 radical (unpaired) electrons. The lowest BCUT2D eigenvalue weighted by atomic mass is 10.2. The van der Waals surface area contributed by atoms with Gasteiger partial charge in [-0.3, -0.25) is 0 Å². The quantitative estimate of drug-likeness (QED) is 0.789. The van der Waals surface area contributed by atoms with E-state index in [0.29, 0.717) is 23.8 Å². The Kier molecular flexibility index (Phi) is 5.11. The maximum absolute atomic E-state index is 10.4. The fourth-order valence-electron chi connectivity index (χ4n) is 1.63. The average molecular weight is 289 g/mol. The van der Waals surface area contributed by atoms with Crippen LogP contribution in [0.15, 0.2) is 40.9 Å². The van der Waals surface area contributed by atoms with E-state index < -0.39 is 5.97 Å². The number of hydrogen-bond donors (Lipinski definition) is 1. The summed E-state index contributed by atoms with van der Waals surface area (Å²) in [5.41, 5.74) is 1.46. The van der Waals surface area contributed by atoms with Crippen LogP contribution in [0.1, 0.15) is 17.0 Å². The van der Waals surface area contributed by atoms with Gasteiger partial charge in [0.15, 0.2) is 5.76 Å². The Hall–Kier alpha value is -2.60. The van der Waals surface area contributed by atoms with Crippen LogP contribution in [0.5, 0.6) is 5.75 Å². The number of ether oxygens (including phenoxy) is 2. The molecule has 6 heteroatoms. The van der Waals surface area contributed by atoms with Gasteiger partial charge in [0.05, 0.1) is 0 Å². The van der Waals surface area contributed by atoms with Crippen LogP contribution in [0.3, 0.4) is 0 Å². The van der Waals surface area contributed by atoms with Crippen molar-refractivity contribution in [2.45, 2.75) is 13.2 Å². The van der Waals surface area contributed by atoms with Crippen molar-refractivity contribution in [1.82, 2.24) is 5.16 Å². The molecule has 6 nitrogen and oxygen atoms in total. The molecule has 0 fully saturated rings. The molecule has 0 unspecified atom stereocenters. The van der Waals surface area contributed by atoms with Gasteiger partial charge in [0.25, 0.3) is 0 Å². The molecule has 0 aliphatic carbocycles. The second kappa shape index (κ2) is 7.25. The van der Waals surface area contributed by atoms with Gasteiger partial charge in [-0.2, -0.15) is 0 Å². The van der Waals surface area contributed by atoms with E-state index in [4.69, 9.17) is 19.1 Å². The van der Waals surface area contributed by atoms with E-state index in [0.717, 1.165) is 11.6 Å². The number of aliphatic carboxylic acids is 1. The van der Waals surface area contributed by atoms with Gasteiger partial charge in [0, 0.05) is 19.3 Å². The predicted molar refractivity (Wildman–Crippen MR) is 74.7 cm³/mol. The Morgan fingerprint density at radius 1 is 1.33 bits per heavy atom. The lowest BCUT2D eigenvalue weighted by Gasteiger charge is -2.03. The zero-order valence-electron chi connectivity index (χ0n) is 11.5. The molecule has 110 valence electrons. The molecule has 0 aliphatic heterocycles. The molecule has 2 rings (SSSR count). The molecule has 0 saturated heterocycles. The highest BCUT2D eigenvalue weighted by Crippen LogP contribution is 2.15. The molecular formula is C15H15NO5. The summed E-state index contributed by atoms with van der Waals surface area (Å²) in [6, 6.07) is 8.84. The highest BCUT2D eigenvalue weighted by atomic mass is 16.5. The molecule has 0 atom stereocenters. The van der Waals surface area contributed by atoms with Crippen LogP contribution in [-0.2, 0) is 22.7 Å². The molecule has 21 heavy (non-hydrogen) atoms. The maximum atomic E-state index is 10.4. The van der Waals surface area contributed by atoms with Crippen molar-refractivity contribution >= 4 is 12.0 Å². The number of methoxy groups -OCH3 is 1. The molecule has 0 saturated carbocycles. The number of benzene rings is 1. The summed E-state index contributed by atoms with van der Waals surface area (Å²) in [6.45, 7) is 0.662. The van der Waals surface area contributed by atoms with Crippen molar-refractivity contribution in [2.75, 3.05) is 7.11 Å². The standard InChI is InChI=1S/C15H15NO5/c1-19-10-14-8-12(16-21-14)9-20-13-5-2-11(3-6-13)4-7-15(17)18/h2-8H,9-10H2,1H3,(H,17,18). The minimum atomic E-state index is -0.978. The molecule has 1 heterocycles. The summed E-state index contributed by atoms with van der Waals surface area (Å²) in [4.78, 5) is 10.4. The van der Waals surface area contributed by atoms with Gasteiger partial charge in [0.1, 0.15) is 24.7 Å². The first-order chi connectivity index (χ1) is 10.2. The number of hydrogen-bond acceptors (Lipinski definition) is 5. The molecule has 1 aromatic heterocycles.